The monoisotopic (exact) mass is 542 g/mol. The molecule has 4 fully saturated rings. The highest BCUT2D eigenvalue weighted by atomic mass is 32.2. The molecule has 214 valence electrons. The molecular weight excluding hydrogens is 488 g/mol. The van der Waals surface area contributed by atoms with E-state index in [4.69, 9.17) is 4.18 Å². The zero-order valence-corrected chi connectivity index (χ0v) is 25.9. The first-order chi connectivity index (χ1) is 17.9. The first-order valence-electron chi connectivity index (χ1n) is 15.9. The van der Waals surface area contributed by atoms with Gasteiger partial charge >= 0.3 is 0 Å². The molecule has 0 heterocycles. The molecule has 4 saturated carbocycles. The van der Waals surface area contributed by atoms with E-state index in [0.29, 0.717) is 21.6 Å². The summed E-state index contributed by atoms with van der Waals surface area (Å²) in [5.74, 6) is 5.75. The lowest BCUT2D eigenvalue weighted by molar-refractivity contribution is -0.126. The predicted molar refractivity (Wildman–Crippen MR) is 156 cm³/mol. The molecule has 0 bridgehead atoms. The van der Waals surface area contributed by atoms with Gasteiger partial charge in [-0.2, -0.15) is 8.42 Å². The van der Waals surface area contributed by atoms with Gasteiger partial charge in [-0.1, -0.05) is 71.6 Å². The Bertz CT molecular complexity index is 1060. The molecule has 3 nitrogen and oxygen atoms in total. The van der Waals surface area contributed by atoms with Gasteiger partial charge in [-0.3, -0.25) is 4.18 Å². The number of rotatable bonds is 8. The Balaban J connectivity index is 1.24. The Kier molecular flexibility index (Phi) is 8.17. The minimum Gasteiger partial charge on any atom is -0.263 e. The lowest BCUT2D eigenvalue weighted by Gasteiger charge is -2.61. The molecule has 0 aliphatic heterocycles. The van der Waals surface area contributed by atoms with E-state index in [1.54, 1.807) is 12.1 Å². The topological polar surface area (TPSA) is 43.4 Å². The fourth-order valence-corrected chi connectivity index (χ4v) is 11.4. The normalized spacial score (nSPS) is 39.9. The molecule has 0 aromatic heterocycles. The van der Waals surface area contributed by atoms with Crippen molar-refractivity contribution in [1.29, 1.82) is 0 Å². The van der Waals surface area contributed by atoms with Crippen molar-refractivity contribution < 1.29 is 12.6 Å². The molecule has 4 aliphatic carbocycles. The Morgan fingerprint density at radius 2 is 1.55 bits per heavy atom. The highest BCUT2D eigenvalue weighted by molar-refractivity contribution is 7.86. The molecule has 0 N–H and O–H groups in total. The minimum atomic E-state index is -3.70. The molecule has 9 atom stereocenters. The SMILES string of the molecule is Cc1ccc(S(=O)(=O)O[C@@H]2CC[C@@]3(C)[C@@H](CC[C@H]4[C@H]3CC[C@@]3(C)[C@H]4CC[C@H]3[C@H](C)CCCC(C)C)C2)cc1. The largest absolute Gasteiger partial charge is 0.297 e. The number of hydrogen-bond donors (Lipinski definition) is 0. The highest BCUT2D eigenvalue weighted by Gasteiger charge is 2.60. The van der Waals surface area contributed by atoms with E-state index in [2.05, 4.69) is 34.6 Å². The molecule has 0 unspecified atom stereocenters. The predicted octanol–water partition coefficient (Wildman–Crippen LogP) is 9.19. The average molecular weight is 543 g/mol. The number of fused-ring (bicyclic) bond motifs is 5. The fraction of sp³-hybridized carbons (Fsp3) is 0.824. The van der Waals surface area contributed by atoms with Gasteiger partial charge < -0.3 is 0 Å². The van der Waals surface area contributed by atoms with Crippen LogP contribution in [-0.2, 0) is 14.3 Å². The molecule has 1 aromatic rings. The molecule has 0 amide bonds. The van der Waals surface area contributed by atoms with Gasteiger partial charge in [0.25, 0.3) is 10.1 Å². The van der Waals surface area contributed by atoms with Crippen molar-refractivity contribution in [2.24, 2.45) is 52.3 Å². The maximum atomic E-state index is 13.0. The van der Waals surface area contributed by atoms with Crippen molar-refractivity contribution in [2.75, 3.05) is 0 Å². The average Bonchev–Trinajstić information content (AvgIpc) is 3.21. The van der Waals surface area contributed by atoms with Gasteiger partial charge in [-0.05, 0) is 129 Å². The van der Waals surface area contributed by atoms with Gasteiger partial charge in [-0.15, -0.1) is 0 Å². The van der Waals surface area contributed by atoms with Crippen LogP contribution in [0.4, 0.5) is 0 Å². The second-order valence-corrected chi connectivity index (χ2v) is 16.5. The van der Waals surface area contributed by atoms with Crippen molar-refractivity contribution in [1.82, 2.24) is 0 Å². The standard InChI is InChI=1S/C34H54O3S/c1-23(2)8-7-9-25(4)30-16-17-31-29-15-12-26-22-27(37-38(35,36)28-13-10-24(3)11-14-28)18-20-33(26,5)32(29)19-21-34(30,31)6/h10-11,13-14,23,25-27,29-32H,7-9,12,15-22H2,1-6H3/t25-,26+,27-,29-,30+,31+,32-,33+,34-/m1/s1. The van der Waals surface area contributed by atoms with Crippen LogP contribution >= 0.6 is 0 Å². The van der Waals surface area contributed by atoms with Gasteiger partial charge in [0.15, 0.2) is 0 Å². The summed E-state index contributed by atoms with van der Waals surface area (Å²) in [6, 6.07) is 7.07. The zero-order valence-electron chi connectivity index (χ0n) is 25.0. The summed E-state index contributed by atoms with van der Waals surface area (Å²) < 4.78 is 31.9. The van der Waals surface area contributed by atoms with Crippen LogP contribution in [0, 0.1) is 59.2 Å². The van der Waals surface area contributed by atoms with Crippen molar-refractivity contribution in [3.63, 3.8) is 0 Å². The lowest BCUT2D eigenvalue weighted by Crippen LogP contribution is -2.54. The third-order valence-corrected chi connectivity index (χ3v) is 13.8. The Hall–Kier alpha value is -0.870. The Morgan fingerprint density at radius 3 is 2.26 bits per heavy atom. The van der Waals surface area contributed by atoms with E-state index in [1.165, 1.54) is 57.8 Å². The summed E-state index contributed by atoms with van der Waals surface area (Å²) in [6.07, 6.45) is 15.2. The number of benzene rings is 1. The van der Waals surface area contributed by atoms with Gasteiger partial charge in [0.2, 0.25) is 0 Å². The van der Waals surface area contributed by atoms with Crippen LogP contribution in [0.15, 0.2) is 29.2 Å². The Labute approximate surface area is 234 Å². The molecule has 0 saturated heterocycles. The molecule has 4 heteroatoms. The first kappa shape index (κ1) is 28.7. The lowest BCUT2D eigenvalue weighted by atomic mass is 9.44. The van der Waals surface area contributed by atoms with Crippen LogP contribution in [0.1, 0.15) is 117 Å². The van der Waals surface area contributed by atoms with E-state index >= 15 is 0 Å². The summed E-state index contributed by atoms with van der Waals surface area (Å²) in [5.41, 5.74) is 1.94. The van der Waals surface area contributed by atoms with E-state index in [0.717, 1.165) is 60.3 Å². The summed E-state index contributed by atoms with van der Waals surface area (Å²) >= 11 is 0. The third-order valence-electron chi connectivity index (χ3n) is 12.4. The maximum absolute atomic E-state index is 13.0. The molecule has 0 spiro atoms. The Morgan fingerprint density at radius 1 is 0.868 bits per heavy atom. The maximum Gasteiger partial charge on any atom is 0.297 e. The fourth-order valence-electron chi connectivity index (χ4n) is 10.3. The third kappa shape index (κ3) is 5.27. The van der Waals surface area contributed by atoms with Crippen LogP contribution in [-0.4, -0.2) is 14.5 Å². The second kappa shape index (κ2) is 10.8. The molecular formula is C34H54O3S. The second-order valence-electron chi connectivity index (χ2n) is 14.9. The first-order valence-corrected chi connectivity index (χ1v) is 17.3. The van der Waals surface area contributed by atoms with E-state index in [1.807, 2.05) is 19.1 Å². The smallest absolute Gasteiger partial charge is 0.263 e. The molecule has 4 aliphatic rings. The quantitative estimate of drug-likeness (QED) is 0.308. The number of hydrogen-bond acceptors (Lipinski definition) is 3. The molecule has 1 aromatic carbocycles. The van der Waals surface area contributed by atoms with Crippen LogP contribution in [0.3, 0.4) is 0 Å². The van der Waals surface area contributed by atoms with Gasteiger partial charge in [0.1, 0.15) is 0 Å². The zero-order chi connectivity index (χ0) is 27.3. The minimum absolute atomic E-state index is 0.174. The number of aryl methyl sites for hydroxylation is 1. The molecule has 38 heavy (non-hydrogen) atoms. The van der Waals surface area contributed by atoms with Crippen molar-refractivity contribution in [3.8, 4) is 0 Å². The summed E-state index contributed by atoms with van der Waals surface area (Å²) in [7, 11) is -3.70. The van der Waals surface area contributed by atoms with Crippen molar-refractivity contribution in [3.05, 3.63) is 29.8 Å². The van der Waals surface area contributed by atoms with Gasteiger partial charge in [0.05, 0.1) is 11.0 Å². The van der Waals surface area contributed by atoms with E-state index in [9.17, 15) is 8.42 Å². The van der Waals surface area contributed by atoms with Gasteiger partial charge in [0, 0.05) is 0 Å². The van der Waals surface area contributed by atoms with E-state index in [-0.39, 0.29) is 6.10 Å². The summed E-state index contributed by atoms with van der Waals surface area (Å²) in [5, 5.41) is 0. The van der Waals surface area contributed by atoms with Crippen LogP contribution in [0.2, 0.25) is 0 Å². The van der Waals surface area contributed by atoms with Crippen molar-refractivity contribution in [2.45, 2.75) is 130 Å². The van der Waals surface area contributed by atoms with Crippen molar-refractivity contribution >= 4 is 10.1 Å². The van der Waals surface area contributed by atoms with Gasteiger partial charge in [-0.25, -0.2) is 0 Å². The van der Waals surface area contributed by atoms with Crippen LogP contribution in [0.5, 0.6) is 0 Å². The van der Waals surface area contributed by atoms with Crippen LogP contribution in [0.25, 0.3) is 0 Å². The molecule has 0 radical (unpaired) electrons. The van der Waals surface area contributed by atoms with E-state index < -0.39 is 10.1 Å². The molecule has 5 rings (SSSR count). The highest BCUT2D eigenvalue weighted by Crippen LogP contribution is 2.68. The van der Waals surface area contributed by atoms with Crippen LogP contribution < -0.4 is 0 Å². The summed E-state index contributed by atoms with van der Waals surface area (Å²) in [6.45, 7) is 14.5. The summed E-state index contributed by atoms with van der Waals surface area (Å²) in [4.78, 5) is 0.293.